The quantitative estimate of drug-likeness (QED) is 0.529. The van der Waals surface area contributed by atoms with Gasteiger partial charge in [-0.05, 0) is 30.3 Å². The van der Waals surface area contributed by atoms with Gasteiger partial charge in [-0.2, -0.15) is 5.10 Å². The van der Waals surface area contributed by atoms with E-state index in [1.165, 1.54) is 24.4 Å². The van der Waals surface area contributed by atoms with Gasteiger partial charge in [0, 0.05) is 23.4 Å². The van der Waals surface area contributed by atoms with Gasteiger partial charge in [-0.15, -0.1) is 0 Å². The van der Waals surface area contributed by atoms with E-state index in [9.17, 15) is 14.7 Å². The van der Waals surface area contributed by atoms with Crippen molar-refractivity contribution >= 4 is 46.9 Å². The number of hydrogen-bond acceptors (Lipinski definition) is 4. The second kappa shape index (κ2) is 9.05. The van der Waals surface area contributed by atoms with Crippen molar-refractivity contribution in [3.8, 4) is 5.75 Å². The molecule has 2 rings (SSSR count). The van der Waals surface area contributed by atoms with Crippen LogP contribution in [0.1, 0.15) is 18.4 Å². The minimum Gasteiger partial charge on any atom is -0.507 e. The first-order valence-corrected chi connectivity index (χ1v) is 8.06. The zero-order valence-electron chi connectivity index (χ0n) is 13.0. The minimum absolute atomic E-state index is 0.0125. The Kier molecular flexibility index (Phi) is 6.80. The van der Waals surface area contributed by atoms with Gasteiger partial charge in [-0.25, -0.2) is 5.43 Å². The van der Waals surface area contributed by atoms with Gasteiger partial charge >= 0.3 is 0 Å². The number of para-hydroxylation sites is 1. The molecule has 3 N–H and O–H groups in total. The van der Waals surface area contributed by atoms with Crippen LogP contribution in [0.5, 0.6) is 5.75 Å². The molecule has 0 aromatic heterocycles. The molecule has 0 fully saturated rings. The largest absolute Gasteiger partial charge is 0.507 e. The van der Waals surface area contributed by atoms with Crippen LogP contribution in [0, 0.1) is 0 Å². The summed E-state index contributed by atoms with van der Waals surface area (Å²) in [4.78, 5) is 23.5. The lowest BCUT2D eigenvalue weighted by atomic mass is 10.2. The molecule has 0 saturated heterocycles. The number of phenols is 1. The average Bonchev–Trinajstić information content (AvgIpc) is 2.58. The number of benzene rings is 2. The van der Waals surface area contributed by atoms with E-state index in [1.54, 1.807) is 24.3 Å². The van der Waals surface area contributed by atoms with Gasteiger partial charge < -0.3 is 10.4 Å². The summed E-state index contributed by atoms with van der Waals surface area (Å²) in [5, 5.41) is 16.8. The molecule has 0 heterocycles. The summed E-state index contributed by atoms with van der Waals surface area (Å²) in [5.41, 5.74) is 3.13. The smallest absolute Gasteiger partial charge is 0.240 e. The van der Waals surface area contributed by atoms with Gasteiger partial charge in [0.1, 0.15) is 5.75 Å². The number of hydrogen-bond donors (Lipinski definition) is 3. The average molecular weight is 380 g/mol. The van der Waals surface area contributed by atoms with E-state index in [4.69, 9.17) is 23.2 Å². The molecular formula is C17H15Cl2N3O3. The number of amides is 2. The fraction of sp³-hybridized carbons (Fsp3) is 0.118. The van der Waals surface area contributed by atoms with E-state index >= 15 is 0 Å². The fourth-order valence-corrected chi connectivity index (χ4v) is 2.22. The molecule has 8 heteroatoms. The molecule has 6 nitrogen and oxygen atoms in total. The van der Waals surface area contributed by atoms with Crippen molar-refractivity contribution in [3.63, 3.8) is 0 Å². The normalized spacial score (nSPS) is 10.6. The van der Waals surface area contributed by atoms with Crippen LogP contribution in [-0.4, -0.2) is 23.1 Å². The van der Waals surface area contributed by atoms with Crippen LogP contribution in [0.2, 0.25) is 10.0 Å². The van der Waals surface area contributed by atoms with Crippen molar-refractivity contribution in [2.24, 2.45) is 5.10 Å². The second-order valence-electron chi connectivity index (χ2n) is 5.02. The summed E-state index contributed by atoms with van der Waals surface area (Å²) in [6.45, 7) is 0. The first-order chi connectivity index (χ1) is 12.0. The number of hydrazone groups is 1. The van der Waals surface area contributed by atoms with Crippen molar-refractivity contribution in [2.75, 3.05) is 5.32 Å². The molecule has 0 spiro atoms. The van der Waals surface area contributed by atoms with Crippen molar-refractivity contribution in [1.29, 1.82) is 0 Å². The highest BCUT2D eigenvalue weighted by atomic mass is 35.5. The molecule has 0 aliphatic heterocycles. The Hall–Kier alpha value is -2.57. The number of halogens is 2. The van der Waals surface area contributed by atoms with Crippen LogP contribution in [-0.2, 0) is 9.59 Å². The zero-order chi connectivity index (χ0) is 18.2. The first-order valence-electron chi connectivity index (χ1n) is 7.30. The maximum absolute atomic E-state index is 11.8. The van der Waals surface area contributed by atoms with Gasteiger partial charge in [0.15, 0.2) is 0 Å². The number of phenolic OH excluding ortho intramolecular Hbond substituents is 1. The predicted molar refractivity (Wildman–Crippen MR) is 98.2 cm³/mol. The van der Waals surface area contributed by atoms with E-state index in [1.807, 2.05) is 0 Å². The Morgan fingerprint density at radius 1 is 1.08 bits per heavy atom. The molecule has 0 bridgehead atoms. The molecule has 0 unspecified atom stereocenters. The lowest BCUT2D eigenvalue weighted by Crippen LogP contribution is -2.20. The van der Waals surface area contributed by atoms with E-state index in [-0.39, 0.29) is 24.5 Å². The molecule has 2 amide bonds. The van der Waals surface area contributed by atoms with Crippen LogP contribution >= 0.6 is 23.2 Å². The van der Waals surface area contributed by atoms with Crippen LogP contribution in [0.3, 0.4) is 0 Å². The summed E-state index contributed by atoms with van der Waals surface area (Å²) >= 11 is 11.7. The number of nitrogens with zero attached hydrogens (tertiary/aromatic N) is 1. The topological polar surface area (TPSA) is 90.8 Å². The SMILES string of the molecule is O=C(CCC(=O)Nc1ccccc1Cl)NN=Cc1cc(Cl)ccc1O. The summed E-state index contributed by atoms with van der Waals surface area (Å²) in [5.74, 6) is -0.784. The zero-order valence-corrected chi connectivity index (χ0v) is 14.5. The van der Waals surface area contributed by atoms with Crippen LogP contribution in [0.25, 0.3) is 0 Å². The number of anilines is 1. The van der Waals surface area contributed by atoms with E-state index in [2.05, 4.69) is 15.8 Å². The molecule has 25 heavy (non-hydrogen) atoms. The Balaban J connectivity index is 1.78. The maximum Gasteiger partial charge on any atom is 0.240 e. The Morgan fingerprint density at radius 2 is 1.80 bits per heavy atom. The van der Waals surface area contributed by atoms with Crippen molar-refractivity contribution in [3.05, 3.63) is 58.1 Å². The lowest BCUT2D eigenvalue weighted by molar-refractivity contribution is -0.124. The number of carbonyl (C=O) groups is 2. The molecule has 130 valence electrons. The van der Waals surface area contributed by atoms with Gasteiger partial charge in [-0.3, -0.25) is 9.59 Å². The third-order valence-corrected chi connectivity index (χ3v) is 3.67. The first kappa shape index (κ1) is 18.8. The van der Waals surface area contributed by atoms with Crippen molar-refractivity contribution < 1.29 is 14.7 Å². The third-order valence-electron chi connectivity index (χ3n) is 3.11. The number of nitrogens with one attached hydrogen (secondary N) is 2. The molecule has 0 atom stereocenters. The van der Waals surface area contributed by atoms with E-state index in [0.717, 1.165) is 0 Å². The van der Waals surface area contributed by atoms with Crippen LogP contribution in [0.15, 0.2) is 47.6 Å². The molecule has 0 aliphatic carbocycles. The van der Waals surface area contributed by atoms with Gasteiger partial charge in [0.25, 0.3) is 0 Å². The highest BCUT2D eigenvalue weighted by Gasteiger charge is 2.08. The second-order valence-corrected chi connectivity index (χ2v) is 5.87. The van der Waals surface area contributed by atoms with E-state index in [0.29, 0.717) is 21.3 Å². The van der Waals surface area contributed by atoms with E-state index < -0.39 is 5.91 Å². The Morgan fingerprint density at radius 3 is 2.56 bits per heavy atom. The molecule has 0 saturated carbocycles. The van der Waals surface area contributed by atoms with Crippen LogP contribution < -0.4 is 10.7 Å². The summed E-state index contributed by atoms with van der Waals surface area (Å²) in [6.07, 6.45) is 1.20. The molecule has 2 aromatic rings. The monoisotopic (exact) mass is 379 g/mol. The molecule has 2 aromatic carbocycles. The summed E-state index contributed by atoms with van der Waals surface area (Å²) < 4.78 is 0. The minimum atomic E-state index is -0.438. The Bertz CT molecular complexity index is 809. The fourth-order valence-electron chi connectivity index (χ4n) is 1.86. The summed E-state index contributed by atoms with van der Waals surface area (Å²) in [7, 11) is 0. The number of aromatic hydroxyl groups is 1. The Labute approximate surface area is 154 Å². The standard InChI is InChI=1S/C17H15Cl2N3O3/c18-12-5-6-15(23)11(9-12)10-20-22-17(25)8-7-16(24)21-14-4-2-1-3-13(14)19/h1-6,9-10,23H,7-8H2,(H,21,24)(H,22,25). The van der Waals surface area contributed by atoms with Crippen LogP contribution in [0.4, 0.5) is 5.69 Å². The van der Waals surface area contributed by atoms with Gasteiger partial charge in [0.2, 0.25) is 11.8 Å². The third kappa shape index (κ3) is 6.10. The molecular weight excluding hydrogens is 365 g/mol. The number of carbonyl (C=O) groups excluding carboxylic acids is 2. The molecule has 0 aliphatic rings. The lowest BCUT2D eigenvalue weighted by Gasteiger charge is -2.06. The highest BCUT2D eigenvalue weighted by molar-refractivity contribution is 6.33. The molecule has 0 radical (unpaired) electrons. The van der Waals surface area contributed by atoms with Crippen molar-refractivity contribution in [2.45, 2.75) is 12.8 Å². The van der Waals surface area contributed by atoms with Crippen molar-refractivity contribution in [1.82, 2.24) is 5.43 Å². The predicted octanol–water partition coefficient (Wildman–Crippen LogP) is 3.57. The highest BCUT2D eigenvalue weighted by Crippen LogP contribution is 2.21. The summed E-state index contributed by atoms with van der Waals surface area (Å²) in [6, 6.07) is 11.3. The van der Waals surface area contributed by atoms with Gasteiger partial charge in [0.05, 0.1) is 16.9 Å². The van der Waals surface area contributed by atoms with Gasteiger partial charge in [-0.1, -0.05) is 35.3 Å². The number of rotatable bonds is 6. The maximum atomic E-state index is 11.8.